The Balaban J connectivity index is 0.000000312. The lowest BCUT2D eigenvalue weighted by atomic mass is 9.84. The topological polar surface area (TPSA) is 0 Å². The van der Waals surface area contributed by atoms with Crippen LogP contribution in [-0.4, -0.2) is 0 Å². The monoisotopic (exact) mass is 256 g/mol. The molecule has 0 bridgehead atoms. The van der Waals surface area contributed by atoms with Gasteiger partial charge in [-0.2, -0.15) is 0 Å². The summed E-state index contributed by atoms with van der Waals surface area (Å²) in [5.74, 6) is 0. The van der Waals surface area contributed by atoms with Crippen LogP contribution < -0.4 is 0 Å². The molecule has 0 unspecified atom stereocenters. The molecule has 0 spiro atoms. The second-order valence-electron chi connectivity index (χ2n) is 7.78. The van der Waals surface area contributed by atoms with Crippen molar-refractivity contribution in [2.45, 2.75) is 53.9 Å². The molecule has 2 rings (SSSR count). The highest BCUT2D eigenvalue weighted by molar-refractivity contribution is 5.86. The summed E-state index contributed by atoms with van der Waals surface area (Å²) in [5.41, 5.74) is 2.15. The minimum atomic E-state index is 0.223. The predicted molar refractivity (Wildman–Crippen MR) is 87.8 cm³/mol. The largest absolute Gasteiger partial charge is 0.0616 e. The third-order valence-corrected chi connectivity index (χ3v) is 2.60. The summed E-state index contributed by atoms with van der Waals surface area (Å²) in [6.07, 6.45) is 0. The lowest BCUT2D eigenvalue weighted by molar-refractivity contribution is 0.469. The van der Waals surface area contributed by atoms with Gasteiger partial charge in [-0.05, 0) is 27.2 Å². The Labute approximate surface area is 118 Å². The van der Waals surface area contributed by atoms with Gasteiger partial charge in [-0.25, -0.2) is 0 Å². The Morgan fingerprint density at radius 1 is 0.632 bits per heavy atom. The molecule has 0 saturated carbocycles. The summed E-state index contributed by atoms with van der Waals surface area (Å²) >= 11 is 0. The van der Waals surface area contributed by atoms with Crippen molar-refractivity contribution in [3.05, 3.63) is 48.0 Å². The molecular weight excluding hydrogens is 228 g/mol. The number of benzene rings is 2. The van der Waals surface area contributed by atoms with Gasteiger partial charge in [0.05, 0.1) is 0 Å². The molecule has 2 aromatic carbocycles. The van der Waals surface area contributed by atoms with Crippen LogP contribution in [0.5, 0.6) is 0 Å². The highest BCUT2D eigenvalue weighted by atomic mass is 14.2. The van der Waals surface area contributed by atoms with Gasteiger partial charge in [-0.1, -0.05) is 90.9 Å². The second kappa shape index (κ2) is 5.77. The van der Waals surface area contributed by atoms with Gasteiger partial charge >= 0.3 is 0 Å². The van der Waals surface area contributed by atoms with Gasteiger partial charge in [0.1, 0.15) is 0 Å². The fourth-order valence-electron chi connectivity index (χ4n) is 1.88. The van der Waals surface area contributed by atoms with Crippen LogP contribution in [0.15, 0.2) is 42.5 Å². The summed E-state index contributed by atoms with van der Waals surface area (Å²) in [6.45, 7) is 15.5. The molecular formula is C19H28. The van der Waals surface area contributed by atoms with Gasteiger partial charge in [0.2, 0.25) is 0 Å². The Hall–Kier alpha value is -1.30. The lowest BCUT2D eigenvalue weighted by Crippen LogP contribution is -2.11. The van der Waals surface area contributed by atoms with Gasteiger partial charge in [-0.3, -0.25) is 0 Å². The summed E-state index contributed by atoms with van der Waals surface area (Å²) in [6, 6.07) is 15.1. The molecule has 0 heterocycles. The highest BCUT2D eigenvalue weighted by Crippen LogP contribution is 2.29. The van der Waals surface area contributed by atoms with Crippen molar-refractivity contribution < 1.29 is 0 Å². The van der Waals surface area contributed by atoms with E-state index in [1.807, 2.05) is 0 Å². The van der Waals surface area contributed by atoms with E-state index in [9.17, 15) is 0 Å². The molecule has 2 aromatic rings. The van der Waals surface area contributed by atoms with Crippen LogP contribution in [0, 0.1) is 5.41 Å². The average Bonchev–Trinajstić information content (AvgIpc) is 2.25. The minimum Gasteiger partial charge on any atom is -0.0616 e. The molecule has 0 aliphatic heterocycles. The number of fused-ring (bicyclic) bond motifs is 1. The maximum Gasteiger partial charge on any atom is -0.0126 e. The van der Waals surface area contributed by atoms with Crippen LogP contribution in [0.1, 0.15) is 54.0 Å². The van der Waals surface area contributed by atoms with E-state index < -0.39 is 0 Å². The van der Waals surface area contributed by atoms with Crippen molar-refractivity contribution >= 4 is 10.8 Å². The summed E-state index contributed by atoms with van der Waals surface area (Å²) < 4.78 is 0. The van der Waals surface area contributed by atoms with E-state index in [2.05, 4.69) is 90.9 Å². The van der Waals surface area contributed by atoms with Crippen LogP contribution in [0.2, 0.25) is 0 Å². The molecule has 0 atom stereocenters. The van der Waals surface area contributed by atoms with E-state index in [0.717, 1.165) is 0 Å². The van der Waals surface area contributed by atoms with E-state index >= 15 is 0 Å². The van der Waals surface area contributed by atoms with Crippen molar-refractivity contribution in [2.75, 3.05) is 0 Å². The van der Waals surface area contributed by atoms with Crippen LogP contribution >= 0.6 is 0 Å². The molecule has 0 amide bonds. The molecule has 19 heavy (non-hydrogen) atoms. The normalized spacial score (nSPS) is 11.9. The van der Waals surface area contributed by atoms with Gasteiger partial charge in [0, 0.05) is 0 Å². The molecule has 0 saturated heterocycles. The molecule has 0 aliphatic carbocycles. The lowest BCUT2D eigenvalue weighted by Gasteiger charge is -2.21. The molecule has 0 heteroatoms. The van der Waals surface area contributed by atoms with Crippen molar-refractivity contribution in [3.8, 4) is 0 Å². The quantitative estimate of drug-likeness (QED) is 0.527. The summed E-state index contributed by atoms with van der Waals surface area (Å²) in [4.78, 5) is 0. The van der Waals surface area contributed by atoms with Crippen molar-refractivity contribution in [2.24, 2.45) is 5.41 Å². The number of hydrogen-bond acceptors (Lipinski definition) is 0. The zero-order chi connectivity index (χ0) is 14.7. The number of hydrogen-bond donors (Lipinski definition) is 0. The van der Waals surface area contributed by atoms with E-state index in [4.69, 9.17) is 0 Å². The fraction of sp³-hybridized carbons (Fsp3) is 0.474. The first-order valence-corrected chi connectivity index (χ1v) is 7.07. The first kappa shape index (κ1) is 15.8. The Kier molecular flexibility index (Phi) is 4.79. The van der Waals surface area contributed by atoms with E-state index in [0.29, 0.717) is 5.41 Å². The summed E-state index contributed by atoms with van der Waals surface area (Å²) in [7, 11) is 0. The summed E-state index contributed by atoms with van der Waals surface area (Å²) in [5, 5.41) is 2.71. The molecule has 0 nitrogen and oxygen atoms in total. The Bertz CT molecular complexity index is 510. The van der Waals surface area contributed by atoms with Gasteiger partial charge in [0.15, 0.2) is 0 Å². The average molecular weight is 256 g/mol. The predicted octanol–water partition coefficient (Wildman–Crippen LogP) is 6.19. The first-order chi connectivity index (χ1) is 8.59. The molecule has 0 aliphatic rings. The van der Waals surface area contributed by atoms with E-state index in [-0.39, 0.29) is 5.41 Å². The van der Waals surface area contributed by atoms with Gasteiger partial charge < -0.3 is 0 Å². The SMILES string of the molecule is CC(C)(C)C.CC(C)(C)c1cccc2ccccc12. The maximum absolute atomic E-state index is 2.26. The van der Waals surface area contributed by atoms with Gasteiger partial charge in [-0.15, -0.1) is 0 Å². The van der Waals surface area contributed by atoms with Crippen LogP contribution in [0.3, 0.4) is 0 Å². The van der Waals surface area contributed by atoms with E-state index in [1.54, 1.807) is 0 Å². The number of rotatable bonds is 0. The van der Waals surface area contributed by atoms with Crippen LogP contribution in [-0.2, 0) is 5.41 Å². The molecule has 0 aromatic heterocycles. The second-order valence-corrected chi connectivity index (χ2v) is 7.78. The van der Waals surface area contributed by atoms with Crippen molar-refractivity contribution in [3.63, 3.8) is 0 Å². The fourth-order valence-corrected chi connectivity index (χ4v) is 1.88. The smallest absolute Gasteiger partial charge is 0.0126 e. The third kappa shape index (κ3) is 5.46. The molecule has 0 radical (unpaired) electrons. The van der Waals surface area contributed by atoms with Gasteiger partial charge in [0.25, 0.3) is 0 Å². The standard InChI is InChI=1S/C14H16.C5H12/c1-14(2,3)13-10-6-8-11-7-4-5-9-12(11)13;1-5(2,3)4/h4-10H,1-3H3;1-4H3. The van der Waals surface area contributed by atoms with E-state index in [1.165, 1.54) is 16.3 Å². The van der Waals surface area contributed by atoms with Crippen LogP contribution in [0.25, 0.3) is 10.8 Å². The maximum atomic E-state index is 2.26. The minimum absolute atomic E-state index is 0.223. The van der Waals surface area contributed by atoms with Crippen molar-refractivity contribution in [1.82, 2.24) is 0 Å². The molecule has 104 valence electrons. The highest BCUT2D eigenvalue weighted by Gasteiger charge is 2.15. The molecule has 0 fully saturated rings. The zero-order valence-electron chi connectivity index (χ0n) is 13.5. The third-order valence-electron chi connectivity index (χ3n) is 2.60. The Morgan fingerprint density at radius 2 is 1.11 bits per heavy atom. The molecule has 0 N–H and O–H groups in total. The Morgan fingerprint density at radius 3 is 1.63 bits per heavy atom. The van der Waals surface area contributed by atoms with Crippen molar-refractivity contribution in [1.29, 1.82) is 0 Å². The van der Waals surface area contributed by atoms with Crippen LogP contribution in [0.4, 0.5) is 0 Å². The first-order valence-electron chi connectivity index (χ1n) is 7.07. The zero-order valence-corrected chi connectivity index (χ0v) is 13.5.